The van der Waals surface area contributed by atoms with Crippen molar-refractivity contribution in [2.75, 3.05) is 19.0 Å². The van der Waals surface area contributed by atoms with E-state index in [0.717, 1.165) is 28.3 Å². The maximum atomic E-state index is 4.77. The number of benzene rings is 1. The summed E-state index contributed by atoms with van der Waals surface area (Å²) in [5.74, 6) is 1.03. The summed E-state index contributed by atoms with van der Waals surface area (Å²) in [5, 5.41) is 5.30. The van der Waals surface area contributed by atoms with Gasteiger partial charge in [-0.1, -0.05) is 34.1 Å². The Balaban J connectivity index is 1.93. The molecular formula is C15H17BrN4S. The first-order valence-corrected chi connectivity index (χ1v) is 8.41. The number of halogens is 1. The molecule has 0 aliphatic rings. The lowest BCUT2D eigenvalue weighted by Crippen LogP contribution is -2.20. The van der Waals surface area contributed by atoms with Gasteiger partial charge in [0, 0.05) is 36.2 Å². The molecule has 0 spiro atoms. The van der Waals surface area contributed by atoms with Gasteiger partial charge < -0.3 is 10.2 Å². The van der Waals surface area contributed by atoms with E-state index in [1.165, 1.54) is 11.3 Å². The van der Waals surface area contributed by atoms with E-state index in [-0.39, 0.29) is 0 Å². The Hall–Kier alpha value is -1.37. The lowest BCUT2D eigenvalue weighted by molar-refractivity contribution is 0.772. The van der Waals surface area contributed by atoms with E-state index in [9.17, 15) is 0 Å². The molecule has 0 bridgehead atoms. The number of rotatable bonds is 5. The summed E-state index contributed by atoms with van der Waals surface area (Å²) in [6, 6.07) is 8.31. The van der Waals surface area contributed by atoms with Crippen molar-refractivity contribution in [3.63, 3.8) is 0 Å². The molecule has 1 N–H and O–H groups in total. The molecule has 3 aromatic rings. The average Bonchev–Trinajstić information content (AvgIpc) is 3.04. The Kier molecular flexibility index (Phi) is 4.28. The minimum absolute atomic E-state index is 0.799. The van der Waals surface area contributed by atoms with E-state index < -0.39 is 0 Å². The Bertz CT molecular complexity index is 749. The summed E-state index contributed by atoms with van der Waals surface area (Å²) >= 11 is 5.27. The third kappa shape index (κ3) is 2.84. The molecule has 1 aromatic carbocycles. The van der Waals surface area contributed by atoms with Crippen LogP contribution >= 0.6 is 27.3 Å². The Morgan fingerprint density at radius 3 is 2.95 bits per heavy atom. The summed E-state index contributed by atoms with van der Waals surface area (Å²) in [4.78, 5) is 8.01. The van der Waals surface area contributed by atoms with Crippen molar-refractivity contribution in [3.8, 4) is 0 Å². The summed E-state index contributed by atoms with van der Waals surface area (Å²) in [7, 11) is 4.05. The van der Waals surface area contributed by atoms with Gasteiger partial charge in [-0.2, -0.15) is 0 Å². The topological polar surface area (TPSA) is 32.6 Å². The molecule has 2 aromatic heterocycles. The molecule has 3 rings (SSSR count). The number of fused-ring (bicyclic) bond motifs is 1. The normalized spacial score (nSPS) is 11.2. The molecule has 0 aliphatic carbocycles. The molecule has 4 nitrogen and oxygen atoms in total. The molecule has 0 amide bonds. The lowest BCUT2D eigenvalue weighted by atomic mass is 10.2. The van der Waals surface area contributed by atoms with Crippen molar-refractivity contribution >= 4 is 38.0 Å². The van der Waals surface area contributed by atoms with Crippen molar-refractivity contribution < 1.29 is 0 Å². The number of anilines is 1. The van der Waals surface area contributed by atoms with Crippen LogP contribution < -0.4 is 10.2 Å². The summed E-state index contributed by atoms with van der Waals surface area (Å²) in [6.45, 7) is 1.62. The van der Waals surface area contributed by atoms with Crippen LogP contribution in [0, 0.1) is 0 Å². The third-order valence-electron chi connectivity index (χ3n) is 3.41. The Morgan fingerprint density at radius 1 is 1.38 bits per heavy atom. The van der Waals surface area contributed by atoms with Gasteiger partial charge in [-0.15, -0.1) is 11.3 Å². The highest BCUT2D eigenvalue weighted by molar-refractivity contribution is 9.10. The minimum Gasteiger partial charge on any atom is -0.354 e. The second-order valence-corrected chi connectivity index (χ2v) is 6.64. The number of thiazole rings is 1. The molecule has 0 saturated heterocycles. The van der Waals surface area contributed by atoms with Crippen LogP contribution in [0.4, 0.5) is 5.82 Å². The molecule has 0 atom stereocenters. The van der Waals surface area contributed by atoms with E-state index in [1.807, 2.05) is 13.1 Å². The fourth-order valence-electron chi connectivity index (χ4n) is 2.42. The molecule has 0 aliphatic heterocycles. The van der Waals surface area contributed by atoms with Crippen LogP contribution in [0.15, 0.2) is 40.3 Å². The maximum absolute atomic E-state index is 4.77. The van der Waals surface area contributed by atoms with Gasteiger partial charge >= 0.3 is 0 Å². The number of nitrogens with one attached hydrogen (secondary N) is 1. The molecule has 110 valence electrons. The molecule has 6 heteroatoms. The van der Waals surface area contributed by atoms with Crippen LogP contribution in [0.5, 0.6) is 0 Å². The molecule has 0 fully saturated rings. The highest BCUT2D eigenvalue weighted by atomic mass is 79.9. The van der Waals surface area contributed by atoms with E-state index in [0.29, 0.717) is 0 Å². The SMILES string of the molecule is CNCc1c(N(C)Cc2ccccc2Br)nc2sccn12. The minimum atomic E-state index is 0.799. The zero-order chi connectivity index (χ0) is 14.8. The van der Waals surface area contributed by atoms with Gasteiger partial charge in [0.2, 0.25) is 0 Å². The van der Waals surface area contributed by atoms with Gasteiger partial charge in [0.25, 0.3) is 0 Å². The second-order valence-electron chi connectivity index (χ2n) is 4.92. The van der Waals surface area contributed by atoms with Crippen molar-refractivity contribution in [1.82, 2.24) is 14.7 Å². The highest BCUT2D eigenvalue weighted by Gasteiger charge is 2.16. The van der Waals surface area contributed by atoms with Crippen LogP contribution in [0.2, 0.25) is 0 Å². The van der Waals surface area contributed by atoms with Gasteiger partial charge in [-0.3, -0.25) is 4.40 Å². The smallest absolute Gasteiger partial charge is 0.195 e. The van der Waals surface area contributed by atoms with Crippen molar-refractivity contribution in [2.45, 2.75) is 13.1 Å². The maximum Gasteiger partial charge on any atom is 0.195 e. The van der Waals surface area contributed by atoms with Crippen molar-refractivity contribution in [2.24, 2.45) is 0 Å². The van der Waals surface area contributed by atoms with E-state index in [1.54, 1.807) is 11.3 Å². The first-order valence-electron chi connectivity index (χ1n) is 6.74. The van der Waals surface area contributed by atoms with Crippen LogP contribution in [0.1, 0.15) is 11.3 Å². The summed E-state index contributed by atoms with van der Waals surface area (Å²) in [6.07, 6.45) is 2.08. The van der Waals surface area contributed by atoms with Crippen LogP contribution in [0.3, 0.4) is 0 Å². The fourth-order valence-corrected chi connectivity index (χ4v) is 3.55. The van der Waals surface area contributed by atoms with Crippen molar-refractivity contribution in [1.29, 1.82) is 0 Å². The Morgan fingerprint density at radius 2 is 2.19 bits per heavy atom. The monoisotopic (exact) mass is 364 g/mol. The largest absolute Gasteiger partial charge is 0.354 e. The van der Waals surface area contributed by atoms with E-state index in [2.05, 4.69) is 67.4 Å². The second kappa shape index (κ2) is 6.17. The van der Waals surface area contributed by atoms with Gasteiger partial charge in [-0.25, -0.2) is 4.98 Å². The number of aromatic nitrogens is 2. The molecule has 21 heavy (non-hydrogen) atoms. The number of hydrogen-bond acceptors (Lipinski definition) is 4. The first-order chi connectivity index (χ1) is 10.2. The molecular weight excluding hydrogens is 348 g/mol. The van der Waals surface area contributed by atoms with Gasteiger partial charge in [-0.05, 0) is 18.7 Å². The van der Waals surface area contributed by atoms with Crippen LogP contribution in [-0.4, -0.2) is 23.5 Å². The summed E-state index contributed by atoms with van der Waals surface area (Å²) in [5.41, 5.74) is 2.45. The number of nitrogens with zero attached hydrogens (tertiary/aromatic N) is 3. The first kappa shape index (κ1) is 14.6. The van der Waals surface area contributed by atoms with Crippen LogP contribution in [-0.2, 0) is 13.1 Å². The van der Waals surface area contributed by atoms with Gasteiger partial charge in [0.1, 0.15) is 0 Å². The zero-order valence-corrected chi connectivity index (χ0v) is 14.4. The van der Waals surface area contributed by atoms with Crippen molar-refractivity contribution in [3.05, 3.63) is 51.6 Å². The number of hydrogen-bond donors (Lipinski definition) is 1. The third-order valence-corrected chi connectivity index (χ3v) is 4.94. The molecule has 0 unspecified atom stereocenters. The van der Waals surface area contributed by atoms with Gasteiger partial charge in [0.15, 0.2) is 10.8 Å². The predicted octanol–water partition coefficient (Wildman–Crippen LogP) is 3.51. The van der Waals surface area contributed by atoms with E-state index >= 15 is 0 Å². The molecule has 0 radical (unpaired) electrons. The predicted molar refractivity (Wildman–Crippen MR) is 92.1 cm³/mol. The van der Waals surface area contributed by atoms with E-state index in [4.69, 9.17) is 4.98 Å². The average molecular weight is 365 g/mol. The molecule has 0 saturated carbocycles. The highest BCUT2D eigenvalue weighted by Crippen LogP contribution is 2.26. The quantitative estimate of drug-likeness (QED) is 0.751. The molecule has 2 heterocycles. The Labute approximate surface area is 136 Å². The lowest BCUT2D eigenvalue weighted by Gasteiger charge is -2.19. The zero-order valence-electron chi connectivity index (χ0n) is 12.0. The number of imidazole rings is 1. The van der Waals surface area contributed by atoms with Gasteiger partial charge in [0.05, 0.1) is 5.69 Å². The standard InChI is InChI=1S/C15H17BrN4S/c1-17-9-13-14(18-15-20(13)7-8-21-15)19(2)10-11-5-3-4-6-12(11)16/h3-8,17H,9-10H2,1-2H3. The summed E-state index contributed by atoms with van der Waals surface area (Å²) < 4.78 is 3.29. The van der Waals surface area contributed by atoms with Crippen LogP contribution in [0.25, 0.3) is 4.96 Å². The fraction of sp³-hybridized carbons (Fsp3) is 0.267.